The topological polar surface area (TPSA) is 228 Å². The van der Waals surface area contributed by atoms with Gasteiger partial charge in [-0.1, -0.05) is 250 Å². The number of unbranched alkanes of at least 4 members (excludes halogenated alkanes) is 35. The number of carbonyl (C=O) groups excluding carboxylic acids is 1. The Bertz CT molecular complexity index is 1350. The molecule has 14 nitrogen and oxygen atoms in total. The van der Waals surface area contributed by atoms with E-state index < -0.39 is 86.8 Å². The monoisotopic (exact) mass is 1070 g/mol. The van der Waals surface area contributed by atoms with Crippen molar-refractivity contribution in [3.63, 3.8) is 0 Å². The Labute approximate surface area is 456 Å². The van der Waals surface area contributed by atoms with Gasteiger partial charge in [-0.2, -0.15) is 0 Å². The molecule has 2 aliphatic rings. The van der Waals surface area contributed by atoms with Gasteiger partial charge in [0.2, 0.25) is 5.91 Å². The van der Waals surface area contributed by atoms with Crippen molar-refractivity contribution in [2.45, 2.75) is 338 Å². The number of nitrogens with one attached hydrogen (secondary N) is 1. The summed E-state index contributed by atoms with van der Waals surface area (Å²) in [6, 6.07) is -0.926. The largest absolute Gasteiger partial charge is 0.394 e. The van der Waals surface area contributed by atoms with Gasteiger partial charge in [0.25, 0.3) is 0 Å². The summed E-state index contributed by atoms with van der Waals surface area (Å²) in [5, 5.41) is 86.8. The highest BCUT2D eigenvalue weighted by Crippen LogP contribution is 2.30. The maximum Gasteiger partial charge on any atom is 0.220 e. The molecule has 442 valence electrons. The summed E-state index contributed by atoms with van der Waals surface area (Å²) in [4.78, 5) is 13.2. The van der Waals surface area contributed by atoms with Crippen LogP contribution in [-0.2, 0) is 23.7 Å². The highest BCUT2D eigenvalue weighted by Gasteiger charge is 2.51. The maximum atomic E-state index is 13.2. The zero-order valence-electron chi connectivity index (χ0n) is 47.6. The average Bonchev–Trinajstić information content (AvgIpc) is 3.41. The Balaban J connectivity index is 1.61. The van der Waals surface area contributed by atoms with Gasteiger partial charge < -0.3 is 65.1 Å². The number of carbonyl (C=O) groups is 1. The van der Waals surface area contributed by atoms with Crippen molar-refractivity contribution in [2.75, 3.05) is 19.8 Å². The van der Waals surface area contributed by atoms with Crippen LogP contribution in [-0.4, -0.2) is 140 Å². The summed E-state index contributed by atoms with van der Waals surface area (Å²) in [6.45, 7) is 2.76. The molecule has 12 unspecified atom stereocenters. The van der Waals surface area contributed by atoms with E-state index >= 15 is 0 Å². The van der Waals surface area contributed by atoms with Gasteiger partial charge in [-0.25, -0.2) is 0 Å². The van der Waals surface area contributed by atoms with Gasteiger partial charge >= 0.3 is 0 Å². The molecule has 0 bridgehead atoms. The van der Waals surface area contributed by atoms with E-state index in [4.69, 9.17) is 18.9 Å². The van der Waals surface area contributed by atoms with E-state index in [1.807, 2.05) is 6.08 Å². The standard InChI is InChI=1S/C61H115NO13/c1-3-5-7-9-11-13-15-16-17-18-19-20-21-22-23-24-25-26-27-28-29-30-31-32-33-34-35-37-39-41-43-45-53(66)62-49(50(65)44-42-40-38-36-14-12-10-8-6-4-2)48-72-60-58(71)56(69)59(52(47-64)74-60)75-61-57(70)55(68)54(67)51(46-63)73-61/h14,36,42,44,49-52,54-61,63-65,67-71H,3-13,15-35,37-41,43,45-48H2,1-2H3,(H,62,66)/b36-14+,44-42+. The average molecular weight is 1070 g/mol. The van der Waals surface area contributed by atoms with E-state index in [0.717, 1.165) is 32.1 Å². The van der Waals surface area contributed by atoms with Gasteiger partial charge in [0.1, 0.15) is 48.8 Å². The van der Waals surface area contributed by atoms with Crippen LogP contribution in [0.4, 0.5) is 0 Å². The Morgan fingerprint density at radius 3 is 1.31 bits per heavy atom. The number of amides is 1. The van der Waals surface area contributed by atoms with Gasteiger partial charge in [-0.3, -0.25) is 4.79 Å². The molecule has 75 heavy (non-hydrogen) atoms. The molecule has 1 amide bonds. The molecule has 0 aromatic heterocycles. The first-order valence-electron chi connectivity index (χ1n) is 31.1. The van der Waals surface area contributed by atoms with Crippen molar-refractivity contribution < 1.29 is 64.6 Å². The molecule has 2 heterocycles. The molecule has 0 radical (unpaired) electrons. The quantitative estimate of drug-likeness (QED) is 0.0204. The molecule has 2 fully saturated rings. The molecule has 12 atom stereocenters. The SMILES string of the molecule is CCCCCC/C=C/CC/C=C/C(O)C(COC1OC(CO)C(OC2OC(CO)C(O)C(O)C2O)C(O)C1O)NC(=O)CCCCCCCCCCCCCCCCCCCCCCCCCCCCCCCCC. The van der Waals surface area contributed by atoms with Gasteiger partial charge in [-0.05, 0) is 32.1 Å². The third kappa shape index (κ3) is 33.0. The lowest BCUT2D eigenvalue weighted by Gasteiger charge is -2.46. The number of rotatable bonds is 50. The van der Waals surface area contributed by atoms with Gasteiger partial charge in [0.15, 0.2) is 12.6 Å². The normalized spacial score (nSPS) is 25.1. The number of hydrogen-bond acceptors (Lipinski definition) is 13. The molecule has 0 aliphatic carbocycles. The van der Waals surface area contributed by atoms with Crippen LogP contribution in [0.1, 0.15) is 264 Å². The molecule has 2 rings (SSSR count). The number of aliphatic hydroxyl groups is 8. The summed E-state index contributed by atoms with van der Waals surface area (Å²) >= 11 is 0. The molecular formula is C61H115NO13. The second-order valence-corrected chi connectivity index (χ2v) is 22.2. The second-order valence-electron chi connectivity index (χ2n) is 22.2. The molecule has 0 aromatic rings. The molecule has 9 N–H and O–H groups in total. The van der Waals surface area contributed by atoms with Crippen LogP contribution in [0.3, 0.4) is 0 Å². The van der Waals surface area contributed by atoms with Crippen LogP contribution in [0, 0.1) is 0 Å². The summed E-state index contributed by atoms with van der Waals surface area (Å²) in [5.74, 6) is -0.246. The minimum absolute atomic E-state index is 0.246. The van der Waals surface area contributed by atoms with Crippen LogP contribution >= 0.6 is 0 Å². The Morgan fingerprint density at radius 2 is 0.853 bits per heavy atom. The molecule has 2 aliphatic heterocycles. The van der Waals surface area contributed by atoms with Crippen molar-refractivity contribution in [1.29, 1.82) is 0 Å². The van der Waals surface area contributed by atoms with E-state index in [1.54, 1.807) is 6.08 Å². The van der Waals surface area contributed by atoms with E-state index in [0.29, 0.717) is 12.8 Å². The lowest BCUT2D eigenvalue weighted by atomic mass is 9.97. The van der Waals surface area contributed by atoms with Crippen molar-refractivity contribution in [2.24, 2.45) is 0 Å². The summed E-state index contributed by atoms with van der Waals surface area (Å²) in [7, 11) is 0. The molecule has 2 saturated heterocycles. The first kappa shape index (κ1) is 69.6. The number of hydrogen-bond donors (Lipinski definition) is 9. The lowest BCUT2D eigenvalue weighted by molar-refractivity contribution is -0.359. The Morgan fingerprint density at radius 1 is 0.467 bits per heavy atom. The Hall–Kier alpha value is -1.53. The number of ether oxygens (including phenoxy) is 4. The maximum absolute atomic E-state index is 13.2. The third-order valence-corrected chi connectivity index (χ3v) is 15.4. The summed E-state index contributed by atoms with van der Waals surface area (Å²) < 4.78 is 22.7. The highest BCUT2D eigenvalue weighted by molar-refractivity contribution is 5.76. The van der Waals surface area contributed by atoms with Crippen molar-refractivity contribution >= 4 is 5.91 Å². The molecule has 0 spiro atoms. The number of allylic oxidation sites excluding steroid dienone is 3. The van der Waals surface area contributed by atoms with E-state index in [2.05, 4.69) is 31.3 Å². The minimum atomic E-state index is -1.79. The first-order valence-corrected chi connectivity index (χ1v) is 31.1. The smallest absolute Gasteiger partial charge is 0.220 e. The summed E-state index contributed by atoms with van der Waals surface area (Å²) in [6.07, 6.45) is 39.8. The lowest BCUT2D eigenvalue weighted by Crippen LogP contribution is -2.65. The second kappa shape index (κ2) is 47.3. The van der Waals surface area contributed by atoms with Crippen molar-refractivity contribution in [3.8, 4) is 0 Å². The van der Waals surface area contributed by atoms with Crippen molar-refractivity contribution in [3.05, 3.63) is 24.3 Å². The van der Waals surface area contributed by atoms with Crippen LogP contribution < -0.4 is 5.32 Å². The van der Waals surface area contributed by atoms with Crippen LogP contribution in [0.2, 0.25) is 0 Å². The fourth-order valence-electron chi connectivity index (χ4n) is 10.4. The van der Waals surface area contributed by atoms with E-state index in [-0.39, 0.29) is 18.9 Å². The van der Waals surface area contributed by atoms with Crippen LogP contribution in [0.25, 0.3) is 0 Å². The van der Waals surface area contributed by atoms with Gasteiger partial charge in [0, 0.05) is 6.42 Å². The van der Waals surface area contributed by atoms with E-state index in [9.17, 15) is 45.6 Å². The fraction of sp³-hybridized carbons (Fsp3) is 0.918. The zero-order valence-corrected chi connectivity index (χ0v) is 47.6. The highest BCUT2D eigenvalue weighted by atomic mass is 16.7. The molecule has 0 saturated carbocycles. The predicted octanol–water partition coefficient (Wildman–Crippen LogP) is 10.8. The third-order valence-electron chi connectivity index (χ3n) is 15.4. The minimum Gasteiger partial charge on any atom is -0.394 e. The van der Waals surface area contributed by atoms with Gasteiger partial charge in [-0.15, -0.1) is 0 Å². The summed E-state index contributed by atoms with van der Waals surface area (Å²) in [5.41, 5.74) is 0. The number of aliphatic hydroxyl groups excluding tert-OH is 8. The first-order chi connectivity index (χ1) is 36.6. The van der Waals surface area contributed by atoms with Crippen LogP contribution in [0.15, 0.2) is 24.3 Å². The predicted molar refractivity (Wildman–Crippen MR) is 300 cm³/mol. The van der Waals surface area contributed by atoms with Gasteiger partial charge in [0.05, 0.1) is 32.0 Å². The molecular weight excluding hydrogens is 955 g/mol. The van der Waals surface area contributed by atoms with Crippen LogP contribution in [0.5, 0.6) is 0 Å². The molecule has 14 heteroatoms. The Kier molecular flexibility index (Phi) is 43.9. The van der Waals surface area contributed by atoms with Crippen molar-refractivity contribution in [1.82, 2.24) is 5.32 Å². The fourth-order valence-corrected chi connectivity index (χ4v) is 10.4. The zero-order chi connectivity index (χ0) is 54.6. The molecule has 0 aromatic carbocycles. The van der Waals surface area contributed by atoms with E-state index in [1.165, 1.54) is 199 Å².